The van der Waals surface area contributed by atoms with Gasteiger partial charge in [0.2, 0.25) is 0 Å². The summed E-state index contributed by atoms with van der Waals surface area (Å²) in [5, 5.41) is 6.64. The molecule has 1 aromatic carbocycles. The molecule has 0 aliphatic rings. The van der Waals surface area contributed by atoms with E-state index in [1.807, 2.05) is 32.2 Å². The molecule has 2 aromatic rings. The van der Waals surface area contributed by atoms with Gasteiger partial charge in [-0.15, -0.1) is 36.2 Å². The van der Waals surface area contributed by atoms with Crippen LogP contribution in [0.5, 0.6) is 11.5 Å². The van der Waals surface area contributed by atoms with Gasteiger partial charge in [-0.25, -0.2) is 4.98 Å². The second kappa shape index (κ2) is 11.1. The Hall–Kier alpha value is -1.54. The van der Waals surface area contributed by atoms with Crippen LogP contribution in [0, 0.1) is 6.92 Å². The molecule has 0 saturated carbocycles. The van der Waals surface area contributed by atoms with Gasteiger partial charge in [0.25, 0.3) is 5.91 Å². The topological polar surface area (TPSA) is 72.5 Å². The summed E-state index contributed by atoms with van der Waals surface area (Å²) < 4.78 is 10.6. The van der Waals surface area contributed by atoms with Crippen LogP contribution in [-0.2, 0) is 0 Å². The predicted molar refractivity (Wildman–Crippen MR) is 106 cm³/mol. The van der Waals surface area contributed by atoms with E-state index in [0.29, 0.717) is 22.9 Å². The highest BCUT2D eigenvalue weighted by Crippen LogP contribution is 2.34. The van der Waals surface area contributed by atoms with Crippen LogP contribution >= 0.6 is 36.2 Å². The van der Waals surface area contributed by atoms with Gasteiger partial charge in [0.15, 0.2) is 11.5 Å². The normalized spacial score (nSPS) is 9.60. The van der Waals surface area contributed by atoms with Crippen molar-refractivity contribution in [3.63, 3.8) is 0 Å². The molecule has 1 aromatic heterocycles. The summed E-state index contributed by atoms with van der Waals surface area (Å²) in [7, 11) is 5.04. The Labute approximate surface area is 164 Å². The Kier molecular flexibility index (Phi) is 10.5. The number of likely N-dealkylation sites (N-methyl/N-ethyl adjacent to an activating group) is 1. The number of nitrogens with zero attached hydrogens (tertiary/aromatic N) is 1. The highest BCUT2D eigenvalue weighted by Gasteiger charge is 2.17. The minimum atomic E-state index is -0.0954. The molecule has 140 valence electrons. The molecular formula is C16H23Cl2N3O3S. The highest BCUT2D eigenvalue weighted by molar-refractivity contribution is 7.17. The first-order valence-corrected chi connectivity index (χ1v) is 8.05. The van der Waals surface area contributed by atoms with Crippen LogP contribution in [0.1, 0.15) is 15.4 Å². The number of aryl methyl sites for hydroxylation is 1. The van der Waals surface area contributed by atoms with Gasteiger partial charge in [0.05, 0.1) is 19.9 Å². The van der Waals surface area contributed by atoms with Gasteiger partial charge >= 0.3 is 0 Å². The molecule has 1 heterocycles. The van der Waals surface area contributed by atoms with E-state index in [4.69, 9.17) is 9.47 Å². The van der Waals surface area contributed by atoms with Crippen molar-refractivity contribution in [2.75, 3.05) is 34.4 Å². The van der Waals surface area contributed by atoms with Crippen molar-refractivity contribution >= 4 is 42.1 Å². The molecule has 25 heavy (non-hydrogen) atoms. The van der Waals surface area contributed by atoms with E-state index in [1.54, 1.807) is 14.2 Å². The first kappa shape index (κ1) is 23.5. The number of nitrogens with one attached hydrogen (secondary N) is 2. The van der Waals surface area contributed by atoms with Crippen LogP contribution in [0.25, 0.3) is 10.6 Å². The number of ether oxygens (including phenoxy) is 2. The Morgan fingerprint density at radius 1 is 1.16 bits per heavy atom. The van der Waals surface area contributed by atoms with Crippen molar-refractivity contribution in [2.45, 2.75) is 6.92 Å². The molecule has 9 heteroatoms. The van der Waals surface area contributed by atoms with Crippen LogP contribution in [0.3, 0.4) is 0 Å². The summed E-state index contributed by atoms with van der Waals surface area (Å²) in [5.74, 6) is 1.20. The Morgan fingerprint density at radius 3 is 2.44 bits per heavy atom. The molecule has 0 spiro atoms. The fourth-order valence-electron chi connectivity index (χ4n) is 2.08. The van der Waals surface area contributed by atoms with Crippen molar-refractivity contribution in [3.8, 4) is 22.1 Å². The zero-order valence-electron chi connectivity index (χ0n) is 14.5. The molecule has 0 unspecified atom stereocenters. The van der Waals surface area contributed by atoms with Gasteiger partial charge in [-0.3, -0.25) is 4.79 Å². The van der Waals surface area contributed by atoms with Crippen molar-refractivity contribution < 1.29 is 14.3 Å². The predicted octanol–water partition coefficient (Wildman–Crippen LogP) is 2.93. The minimum Gasteiger partial charge on any atom is -0.493 e. The summed E-state index contributed by atoms with van der Waals surface area (Å²) in [6.45, 7) is 3.15. The lowest BCUT2D eigenvalue weighted by molar-refractivity contribution is 0.0957. The van der Waals surface area contributed by atoms with Crippen LogP contribution in [-0.4, -0.2) is 45.2 Å². The van der Waals surface area contributed by atoms with E-state index < -0.39 is 0 Å². The van der Waals surface area contributed by atoms with E-state index in [2.05, 4.69) is 15.6 Å². The monoisotopic (exact) mass is 407 g/mol. The molecule has 0 fully saturated rings. The second-order valence-corrected chi connectivity index (χ2v) is 5.86. The van der Waals surface area contributed by atoms with Crippen LogP contribution in [0.2, 0.25) is 0 Å². The summed E-state index contributed by atoms with van der Waals surface area (Å²) >= 11 is 1.37. The van der Waals surface area contributed by atoms with E-state index in [-0.39, 0.29) is 30.7 Å². The molecule has 2 N–H and O–H groups in total. The number of hydrogen-bond donors (Lipinski definition) is 2. The molecule has 0 aliphatic heterocycles. The number of benzene rings is 1. The van der Waals surface area contributed by atoms with Gasteiger partial charge in [-0.2, -0.15) is 0 Å². The lowest BCUT2D eigenvalue weighted by Crippen LogP contribution is -2.30. The lowest BCUT2D eigenvalue weighted by atomic mass is 10.2. The van der Waals surface area contributed by atoms with Crippen LogP contribution in [0.4, 0.5) is 0 Å². The largest absolute Gasteiger partial charge is 0.493 e. The Bertz CT molecular complexity index is 695. The molecule has 6 nitrogen and oxygen atoms in total. The van der Waals surface area contributed by atoms with Gasteiger partial charge in [0.1, 0.15) is 9.88 Å². The van der Waals surface area contributed by atoms with Gasteiger partial charge in [0, 0.05) is 18.7 Å². The number of halogens is 2. The van der Waals surface area contributed by atoms with Crippen molar-refractivity contribution in [1.29, 1.82) is 0 Å². The summed E-state index contributed by atoms with van der Waals surface area (Å²) in [6.07, 6.45) is 0. The van der Waals surface area contributed by atoms with Crippen molar-refractivity contribution in [1.82, 2.24) is 15.6 Å². The first-order valence-electron chi connectivity index (χ1n) is 7.23. The molecule has 0 bridgehead atoms. The zero-order valence-corrected chi connectivity index (χ0v) is 17.0. The van der Waals surface area contributed by atoms with Gasteiger partial charge in [-0.1, -0.05) is 0 Å². The van der Waals surface area contributed by atoms with Gasteiger partial charge in [-0.05, 0) is 32.2 Å². The molecule has 0 aliphatic carbocycles. The average molecular weight is 408 g/mol. The number of rotatable bonds is 7. The molecule has 0 radical (unpaired) electrons. The maximum Gasteiger partial charge on any atom is 0.263 e. The Morgan fingerprint density at radius 2 is 1.84 bits per heavy atom. The van der Waals surface area contributed by atoms with Crippen molar-refractivity contribution in [3.05, 3.63) is 28.8 Å². The SMILES string of the molecule is CNCCNC(=O)c1sc(-c2ccc(OC)c(OC)c2)nc1C.Cl.Cl. The molecule has 1 amide bonds. The number of aromatic nitrogens is 1. The third-order valence-electron chi connectivity index (χ3n) is 3.29. The fraction of sp³-hybridized carbons (Fsp3) is 0.375. The lowest BCUT2D eigenvalue weighted by Gasteiger charge is -2.08. The van der Waals surface area contributed by atoms with E-state index >= 15 is 0 Å². The second-order valence-electron chi connectivity index (χ2n) is 4.86. The highest BCUT2D eigenvalue weighted by atomic mass is 35.5. The first-order chi connectivity index (χ1) is 11.1. The fourth-order valence-corrected chi connectivity index (χ4v) is 3.06. The maximum atomic E-state index is 12.2. The minimum absolute atomic E-state index is 0. The van der Waals surface area contributed by atoms with Gasteiger partial charge < -0.3 is 20.1 Å². The third-order valence-corrected chi connectivity index (χ3v) is 4.50. The van der Waals surface area contributed by atoms with E-state index in [9.17, 15) is 4.79 Å². The number of amides is 1. The van der Waals surface area contributed by atoms with Crippen LogP contribution < -0.4 is 20.1 Å². The summed E-state index contributed by atoms with van der Waals surface area (Å²) in [5.41, 5.74) is 1.62. The Balaban J connectivity index is 0.00000288. The quantitative estimate of drug-likeness (QED) is 0.690. The zero-order chi connectivity index (χ0) is 16.8. The summed E-state index contributed by atoms with van der Waals surface area (Å²) in [6, 6.07) is 5.60. The number of carbonyl (C=O) groups is 1. The molecular weight excluding hydrogens is 385 g/mol. The maximum absolute atomic E-state index is 12.2. The van der Waals surface area contributed by atoms with E-state index in [0.717, 1.165) is 22.8 Å². The molecule has 2 rings (SSSR count). The number of thiazole rings is 1. The summed E-state index contributed by atoms with van der Waals surface area (Å²) in [4.78, 5) is 17.3. The number of methoxy groups -OCH3 is 2. The van der Waals surface area contributed by atoms with Crippen molar-refractivity contribution in [2.24, 2.45) is 0 Å². The number of hydrogen-bond acceptors (Lipinski definition) is 6. The number of carbonyl (C=O) groups excluding carboxylic acids is 1. The van der Waals surface area contributed by atoms with Crippen LogP contribution in [0.15, 0.2) is 18.2 Å². The third kappa shape index (κ3) is 5.74. The smallest absolute Gasteiger partial charge is 0.263 e. The molecule has 0 atom stereocenters. The van der Waals surface area contributed by atoms with E-state index in [1.165, 1.54) is 11.3 Å². The molecule has 0 saturated heterocycles. The average Bonchev–Trinajstić information content (AvgIpc) is 2.96. The standard InChI is InChI=1S/C16H21N3O3S.2ClH/c1-10-14(15(20)18-8-7-17-2)23-16(19-10)11-5-6-12(21-3)13(9-11)22-4;;/h5-6,9,17H,7-8H2,1-4H3,(H,18,20);2*1H.